The number of hydrogen-bond acceptors (Lipinski definition) is 6. The maximum absolute atomic E-state index is 13.3. The third-order valence-corrected chi connectivity index (χ3v) is 7.97. The highest BCUT2D eigenvalue weighted by Crippen LogP contribution is 2.66. The van der Waals surface area contributed by atoms with Crippen LogP contribution < -0.4 is 9.47 Å². The molecule has 2 aliphatic heterocycles. The van der Waals surface area contributed by atoms with Crippen LogP contribution in [-0.4, -0.2) is 55.1 Å². The molecule has 4 aliphatic rings. The van der Waals surface area contributed by atoms with Gasteiger partial charge < -0.3 is 14.2 Å². The fourth-order valence-corrected chi connectivity index (χ4v) is 6.66. The number of ether oxygens (including phenoxy) is 3. The first-order valence-electron chi connectivity index (χ1n) is 10.9. The van der Waals surface area contributed by atoms with E-state index in [0.29, 0.717) is 36.3 Å². The zero-order valence-electron chi connectivity index (χ0n) is 17.7. The van der Waals surface area contributed by atoms with Crippen LogP contribution in [0.2, 0.25) is 0 Å². The number of esters is 1. The Kier molecular flexibility index (Phi) is 3.85. The summed E-state index contributed by atoms with van der Waals surface area (Å²) in [5.74, 6) is 1.04. The number of carbonyl (C=O) groups is 2. The minimum absolute atomic E-state index is 0.0139. The van der Waals surface area contributed by atoms with Gasteiger partial charge in [0.2, 0.25) is 0 Å². The first kappa shape index (κ1) is 18.9. The predicted molar refractivity (Wildman–Crippen MR) is 113 cm³/mol. The Morgan fingerprint density at radius 3 is 2.74 bits per heavy atom. The molecule has 160 valence electrons. The lowest BCUT2D eigenvalue weighted by molar-refractivity contribution is -0.186. The Labute approximate surface area is 181 Å². The third kappa shape index (κ3) is 2.21. The molecular formula is C25H25NO5. The number of likely N-dealkylation sites (tertiary alicyclic amines) is 1. The molecule has 2 fully saturated rings. The average Bonchev–Trinajstić information content (AvgIpc) is 3.15. The Hall–Kier alpha value is -2.86. The molecule has 2 aliphatic carbocycles. The summed E-state index contributed by atoms with van der Waals surface area (Å²) in [6.45, 7) is 0.818. The van der Waals surface area contributed by atoms with E-state index in [1.54, 1.807) is 19.2 Å². The molecule has 4 atom stereocenters. The SMILES string of the molecule is COc1ccc2c3c1OC1C(=O)CC[C@@]4(OC(=O)c5ccccc5)[C@@H](C2)N(C)CC[C@]314. The van der Waals surface area contributed by atoms with E-state index in [1.807, 2.05) is 24.3 Å². The van der Waals surface area contributed by atoms with Gasteiger partial charge in [-0.05, 0) is 56.6 Å². The molecule has 0 N–H and O–H groups in total. The summed E-state index contributed by atoms with van der Waals surface area (Å²) in [7, 11) is 3.71. The van der Waals surface area contributed by atoms with Crippen LogP contribution in [-0.2, 0) is 21.4 Å². The van der Waals surface area contributed by atoms with Gasteiger partial charge in [-0.25, -0.2) is 4.79 Å². The van der Waals surface area contributed by atoms with Gasteiger partial charge in [-0.15, -0.1) is 0 Å². The molecule has 2 aromatic rings. The van der Waals surface area contributed by atoms with E-state index in [1.165, 1.54) is 0 Å². The highest BCUT2D eigenvalue weighted by atomic mass is 16.6. The van der Waals surface area contributed by atoms with Gasteiger partial charge in [-0.1, -0.05) is 24.3 Å². The Morgan fingerprint density at radius 1 is 1.16 bits per heavy atom. The van der Waals surface area contributed by atoms with Crippen molar-refractivity contribution in [3.05, 3.63) is 59.2 Å². The zero-order valence-corrected chi connectivity index (χ0v) is 17.7. The third-order valence-electron chi connectivity index (χ3n) is 7.97. The molecule has 2 heterocycles. The number of Topliss-reactive ketones (excluding diaryl/α,β-unsaturated/α-hetero) is 1. The summed E-state index contributed by atoms with van der Waals surface area (Å²) in [6.07, 6.45) is 1.65. The van der Waals surface area contributed by atoms with Gasteiger partial charge in [0.05, 0.1) is 24.1 Å². The number of ketones is 1. The maximum atomic E-state index is 13.3. The second-order valence-electron chi connectivity index (χ2n) is 9.16. The molecule has 1 spiro atoms. The van der Waals surface area contributed by atoms with Crippen LogP contribution >= 0.6 is 0 Å². The van der Waals surface area contributed by atoms with E-state index in [0.717, 1.165) is 24.1 Å². The number of benzene rings is 2. The normalized spacial score (nSPS) is 32.8. The van der Waals surface area contributed by atoms with Crippen molar-refractivity contribution in [2.24, 2.45) is 0 Å². The Morgan fingerprint density at radius 2 is 1.97 bits per heavy atom. The molecule has 2 bridgehead atoms. The van der Waals surface area contributed by atoms with E-state index >= 15 is 0 Å². The highest BCUT2D eigenvalue weighted by Gasteiger charge is 2.75. The minimum atomic E-state index is -0.823. The van der Waals surface area contributed by atoms with E-state index in [-0.39, 0.29) is 17.8 Å². The van der Waals surface area contributed by atoms with Crippen LogP contribution in [0.5, 0.6) is 11.5 Å². The fraction of sp³-hybridized carbons (Fsp3) is 0.440. The van der Waals surface area contributed by atoms with Gasteiger partial charge in [-0.3, -0.25) is 9.69 Å². The lowest BCUT2D eigenvalue weighted by atomic mass is 9.49. The second kappa shape index (κ2) is 6.33. The van der Waals surface area contributed by atoms with Crippen LogP contribution in [0.25, 0.3) is 0 Å². The molecule has 0 aromatic heterocycles. The molecule has 6 nitrogen and oxygen atoms in total. The van der Waals surface area contributed by atoms with Crippen LogP contribution in [0.4, 0.5) is 0 Å². The van der Waals surface area contributed by atoms with E-state index < -0.39 is 17.1 Å². The molecule has 0 amide bonds. The predicted octanol–water partition coefficient (Wildman–Crippen LogP) is 2.91. The summed E-state index contributed by atoms with van der Waals surface area (Å²) in [5, 5.41) is 0. The van der Waals surface area contributed by atoms with Gasteiger partial charge >= 0.3 is 5.97 Å². The number of likely N-dealkylation sites (N-methyl/N-ethyl adjacent to an activating group) is 1. The second-order valence-corrected chi connectivity index (χ2v) is 9.16. The van der Waals surface area contributed by atoms with Crippen molar-refractivity contribution < 1.29 is 23.8 Å². The van der Waals surface area contributed by atoms with Crippen molar-refractivity contribution >= 4 is 11.8 Å². The van der Waals surface area contributed by atoms with Crippen LogP contribution in [0.3, 0.4) is 0 Å². The van der Waals surface area contributed by atoms with E-state index in [9.17, 15) is 9.59 Å². The van der Waals surface area contributed by atoms with Crippen LogP contribution in [0, 0.1) is 0 Å². The van der Waals surface area contributed by atoms with Gasteiger partial charge in [0.15, 0.2) is 23.4 Å². The quantitative estimate of drug-likeness (QED) is 0.713. The van der Waals surface area contributed by atoms with Gasteiger partial charge in [0.25, 0.3) is 0 Å². The van der Waals surface area contributed by atoms with Gasteiger partial charge in [0, 0.05) is 12.0 Å². The number of carbonyl (C=O) groups excluding carboxylic acids is 2. The Bertz CT molecular complexity index is 1100. The number of nitrogens with zero attached hydrogens (tertiary/aromatic N) is 1. The van der Waals surface area contributed by atoms with Gasteiger partial charge in [0.1, 0.15) is 5.60 Å². The Balaban J connectivity index is 1.58. The summed E-state index contributed by atoms with van der Waals surface area (Å²) in [5.41, 5.74) is 1.21. The zero-order chi connectivity index (χ0) is 21.4. The van der Waals surface area contributed by atoms with Crippen molar-refractivity contribution in [2.45, 2.75) is 48.8 Å². The first-order valence-corrected chi connectivity index (χ1v) is 10.9. The number of hydrogen-bond donors (Lipinski definition) is 0. The van der Waals surface area contributed by atoms with E-state index in [2.05, 4.69) is 18.0 Å². The maximum Gasteiger partial charge on any atom is 0.338 e. The molecule has 0 radical (unpaired) electrons. The largest absolute Gasteiger partial charge is 0.493 e. The van der Waals surface area contributed by atoms with E-state index in [4.69, 9.17) is 14.2 Å². The molecule has 31 heavy (non-hydrogen) atoms. The minimum Gasteiger partial charge on any atom is -0.493 e. The molecule has 1 saturated heterocycles. The molecule has 2 aromatic carbocycles. The average molecular weight is 419 g/mol. The fourth-order valence-electron chi connectivity index (χ4n) is 6.66. The molecule has 1 saturated carbocycles. The number of rotatable bonds is 3. The topological polar surface area (TPSA) is 65.1 Å². The van der Waals surface area contributed by atoms with Crippen molar-refractivity contribution in [3.8, 4) is 11.5 Å². The standard InChI is InChI=1S/C25H25NO5/c1-26-13-12-24-20-16-8-9-18(29-2)21(20)30-22(24)17(27)10-11-25(24,19(26)14-16)31-23(28)15-6-4-3-5-7-15/h3-9,19,22H,10-14H2,1-2H3/t19-,22?,24+,25-/m1/s1. The summed E-state index contributed by atoms with van der Waals surface area (Å²) >= 11 is 0. The van der Waals surface area contributed by atoms with Gasteiger partial charge in [-0.2, -0.15) is 0 Å². The van der Waals surface area contributed by atoms with Crippen molar-refractivity contribution in [3.63, 3.8) is 0 Å². The summed E-state index contributed by atoms with van der Waals surface area (Å²) in [6, 6.07) is 13.1. The summed E-state index contributed by atoms with van der Waals surface area (Å²) in [4.78, 5) is 28.8. The van der Waals surface area contributed by atoms with Crippen LogP contribution in [0.1, 0.15) is 40.7 Å². The first-order chi connectivity index (χ1) is 15.0. The van der Waals surface area contributed by atoms with Crippen molar-refractivity contribution in [2.75, 3.05) is 20.7 Å². The molecular weight excluding hydrogens is 394 g/mol. The lowest BCUT2D eigenvalue weighted by Gasteiger charge is -2.63. The smallest absolute Gasteiger partial charge is 0.338 e. The molecule has 6 rings (SSSR count). The van der Waals surface area contributed by atoms with Crippen molar-refractivity contribution in [1.82, 2.24) is 4.90 Å². The molecule has 6 heteroatoms. The molecule has 1 unspecified atom stereocenters. The number of piperidine rings is 1. The monoisotopic (exact) mass is 419 g/mol. The number of methoxy groups -OCH3 is 1. The highest BCUT2D eigenvalue weighted by molar-refractivity contribution is 5.92. The lowest BCUT2D eigenvalue weighted by Crippen LogP contribution is -2.77. The summed E-state index contributed by atoms with van der Waals surface area (Å²) < 4.78 is 18.5. The van der Waals surface area contributed by atoms with Crippen molar-refractivity contribution in [1.29, 1.82) is 0 Å². The van der Waals surface area contributed by atoms with Crippen LogP contribution in [0.15, 0.2) is 42.5 Å².